The first-order valence-corrected chi connectivity index (χ1v) is 6.61. The average molecular weight is 327 g/mol. The summed E-state index contributed by atoms with van der Waals surface area (Å²) in [6.45, 7) is 3.78. The van der Waals surface area contributed by atoms with Crippen LogP contribution in [0.4, 0.5) is 17.6 Å². The molecule has 1 aromatic rings. The van der Waals surface area contributed by atoms with E-state index >= 15 is 0 Å². The molecule has 0 radical (unpaired) electrons. The first kappa shape index (κ1) is 18.2. The Morgan fingerprint density at radius 3 is 2.52 bits per heavy atom. The molecule has 0 amide bonds. The third-order valence-corrected chi connectivity index (χ3v) is 3.85. The maximum atomic E-state index is 13.2. The Balaban J connectivity index is 0.00000220. The Morgan fingerprint density at radius 1 is 1.33 bits per heavy atom. The molecule has 0 saturated carbocycles. The fourth-order valence-electron chi connectivity index (χ4n) is 2.73. The van der Waals surface area contributed by atoms with Crippen LogP contribution in [-0.4, -0.2) is 24.0 Å². The summed E-state index contributed by atoms with van der Waals surface area (Å²) >= 11 is 0. The zero-order valence-electron chi connectivity index (χ0n) is 11.7. The standard InChI is InChI=1S/C14H18F4N2.ClH/c1-9-4-11(6-19)8-20(9)7-10-2-3-13(15)12(5-10)14(16,17)18;/h2-3,5,9,11H,4,6-8,19H2,1H3;1H. The summed E-state index contributed by atoms with van der Waals surface area (Å²) in [5.41, 5.74) is 4.91. The zero-order chi connectivity index (χ0) is 14.9. The van der Waals surface area contributed by atoms with Crippen molar-refractivity contribution in [2.45, 2.75) is 32.1 Å². The molecule has 2 unspecified atom stereocenters. The molecule has 1 aliphatic rings. The molecular weight excluding hydrogens is 308 g/mol. The number of nitrogens with two attached hydrogens (primary N) is 1. The Kier molecular flexibility index (Phi) is 6.01. The second-order valence-corrected chi connectivity index (χ2v) is 5.43. The van der Waals surface area contributed by atoms with Crippen molar-refractivity contribution in [3.63, 3.8) is 0 Å². The topological polar surface area (TPSA) is 29.3 Å². The van der Waals surface area contributed by atoms with Crippen LogP contribution < -0.4 is 5.73 Å². The minimum absolute atomic E-state index is 0. The highest BCUT2D eigenvalue weighted by molar-refractivity contribution is 5.85. The molecule has 2 nitrogen and oxygen atoms in total. The van der Waals surface area contributed by atoms with Gasteiger partial charge in [-0.3, -0.25) is 4.90 Å². The summed E-state index contributed by atoms with van der Waals surface area (Å²) in [6, 6.07) is 3.48. The highest BCUT2D eigenvalue weighted by Crippen LogP contribution is 2.32. The Labute approximate surface area is 127 Å². The lowest BCUT2D eigenvalue weighted by molar-refractivity contribution is -0.140. The van der Waals surface area contributed by atoms with Gasteiger partial charge in [-0.05, 0) is 43.5 Å². The van der Waals surface area contributed by atoms with Gasteiger partial charge >= 0.3 is 6.18 Å². The molecule has 1 fully saturated rings. The van der Waals surface area contributed by atoms with Gasteiger partial charge in [0.25, 0.3) is 0 Å². The zero-order valence-corrected chi connectivity index (χ0v) is 12.5. The van der Waals surface area contributed by atoms with Gasteiger partial charge < -0.3 is 5.73 Å². The number of hydrogen-bond donors (Lipinski definition) is 1. The Morgan fingerprint density at radius 2 is 2.00 bits per heavy atom. The highest BCUT2D eigenvalue weighted by Gasteiger charge is 2.34. The molecule has 1 aromatic carbocycles. The maximum absolute atomic E-state index is 13.2. The van der Waals surface area contributed by atoms with Gasteiger partial charge in [0.2, 0.25) is 0 Å². The molecular formula is C14H19ClF4N2. The number of benzene rings is 1. The van der Waals surface area contributed by atoms with Gasteiger partial charge in [-0.2, -0.15) is 13.2 Å². The molecule has 2 atom stereocenters. The van der Waals surface area contributed by atoms with Gasteiger partial charge in [-0.25, -0.2) is 4.39 Å². The van der Waals surface area contributed by atoms with E-state index in [0.29, 0.717) is 24.6 Å². The van der Waals surface area contributed by atoms with Crippen molar-refractivity contribution in [1.29, 1.82) is 0 Å². The first-order valence-electron chi connectivity index (χ1n) is 6.61. The summed E-state index contributed by atoms with van der Waals surface area (Å²) in [5.74, 6) is -0.844. The minimum Gasteiger partial charge on any atom is -0.330 e. The van der Waals surface area contributed by atoms with Crippen LogP contribution in [0.15, 0.2) is 18.2 Å². The van der Waals surface area contributed by atoms with Crippen LogP contribution in [0.3, 0.4) is 0 Å². The lowest BCUT2D eigenvalue weighted by atomic mass is 10.1. The van der Waals surface area contributed by atoms with E-state index in [0.717, 1.165) is 25.1 Å². The molecule has 0 aliphatic carbocycles. The molecule has 0 aromatic heterocycles. The quantitative estimate of drug-likeness (QED) is 0.862. The van der Waals surface area contributed by atoms with Crippen LogP contribution in [0.25, 0.3) is 0 Å². The summed E-state index contributed by atoms with van der Waals surface area (Å²) in [7, 11) is 0. The van der Waals surface area contributed by atoms with E-state index in [4.69, 9.17) is 5.73 Å². The molecule has 1 heterocycles. The SMILES string of the molecule is CC1CC(CN)CN1Cc1ccc(F)c(C(F)(F)F)c1.Cl. The molecule has 1 saturated heterocycles. The van der Waals surface area contributed by atoms with Crippen molar-refractivity contribution in [3.05, 3.63) is 35.1 Å². The van der Waals surface area contributed by atoms with Crippen LogP contribution in [-0.2, 0) is 12.7 Å². The van der Waals surface area contributed by atoms with Gasteiger partial charge in [0.05, 0.1) is 5.56 Å². The lowest BCUT2D eigenvalue weighted by Crippen LogP contribution is -2.27. The van der Waals surface area contributed by atoms with Gasteiger partial charge in [0.15, 0.2) is 0 Å². The van der Waals surface area contributed by atoms with E-state index in [1.165, 1.54) is 6.07 Å². The fourth-order valence-corrected chi connectivity index (χ4v) is 2.73. The van der Waals surface area contributed by atoms with Gasteiger partial charge in [0, 0.05) is 19.1 Å². The van der Waals surface area contributed by atoms with E-state index in [1.54, 1.807) is 0 Å². The van der Waals surface area contributed by atoms with Crippen molar-refractivity contribution < 1.29 is 17.6 Å². The minimum atomic E-state index is -4.66. The van der Waals surface area contributed by atoms with Crippen LogP contribution in [0.2, 0.25) is 0 Å². The van der Waals surface area contributed by atoms with E-state index in [1.807, 2.05) is 6.92 Å². The Bertz CT molecular complexity index is 479. The van der Waals surface area contributed by atoms with E-state index in [2.05, 4.69) is 4.90 Å². The van der Waals surface area contributed by atoms with Crippen molar-refractivity contribution >= 4 is 12.4 Å². The molecule has 21 heavy (non-hydrogen) atoms. The third kappa shape index (κ3) is 4.31. The monoisotopic (exact) mass is 326 g/mol. The number of alkyl halides is 3. The van der Waals surface area contributed by atoms with Crippen LogP contribution in [0.1, 0.15) is 24.5 Å². The predicted octanol–water partition coefficient (Wildman–Crippen LogP) is 3.44. The van der Waals surface area contributed by atoms with Gasteiger partial charge in [-0.1, -0.05) is 6.07 Å². The predicted molar refractivity (Wildman–Crippen MR) is 75.7 cm³/mol. The molecule has 0 spiro atoms. The van der Waals surface area contributed by atoms with Gasteiger partial charge in [-0.15, -0.1) is 12.4 Å². The van der Waals surface area contributed by atoms with Crippen molar-refractivity contribution in [2.24, 2.45) is 11.7 Å². The smallest absolute Gasteiger partial charge is 0.330 e. The van der Waals surface area contributed by atoms with Crippen molar-refractivity contribution in [1.82, 2.24) is 4.90 Å². The second-order valence-electron chi connectivity index (χ2n) is 5.43. The van der Waals surface area contributed by atoms with Crippen LogP contribution in [0.5, 0.6) is 0 Å². The largest absolute Gasteiger partial charge is 0.419 e. The molecule has 1 aliphatic heterocycles. The molecule has 2 N–H and O–H groups in total. The number of hydrogen-bond acceptors (Lipinski definition) is 2. The van der Waals surface area contributed by atoms with E-state index < -0.39 is 17.6 Å². The third-order valence-electron chi connectivity index (χ3n) is 3.85. The number of rotatable bonds is 3. The van der Waals surface area contributed by atoms with Crippen LogP contribution >= 0.6 is 12.4 Å². The van der Waals surface area contributed by atoms with Crippen molar-refractivity contribution in [3.8, 4) is 0 Å². The Hall–Kier alpha value is -0.850. The number of likely N-dealkylation sites (tertiary alicyclic amines) is 1. The maximum Gasteiger partial charge on any atom is 0.419 e. The van der Waals surface area contributed by atoms with Crippen LogP contribution in [0, 0.1) is 11.7 Å². The lowest BCUT2D eigenvalue weighted by Gasteiger charge is -2.21. The van der Waals surface area contributed by atoms with Crippen molar-refractivity contribution in [2.75, 3.05) is 13.1 Å². The molecule has 0 bridgehead atoms. The van der Waals surface area contributed by atoms with E-state index in [-0.39, 0.29) is 18.4 Å². The number of nitrogens with zero attached hydrogens (tertiary/aromatic N) is 1. The molecule has 7 heteroatoms. The highest BCUT2D eigenvalue weighted by atomic mass is 35.5. The van der Waals surface area contributed by atoms with E-state index in [9.17, 15) is 17.6 Å². The average Bonchev–Trinajstić information content (AvgIpc) is 2.71. The second kappa shape index (κ2) is 6.94. The summed E-state index contributed by atoms with van der Waals surface area (Å²) in [5, 5.41) is 0. The summed E-state index contributed by atoms with van der Waals surface area (Å²) in [6.07, 6.45) is -3.71. The normalized spacial score (nSPS) is 23.1. The fraction of sp³-hybridized carbons (Fsp3) is 0.571. The summed E-state index contributed by atoms with van der Waals surface area (Å²) in [4.78, 5) is 2.09. The first-order chi connectivity index (χ1) is 9.31. The number of halogens is 5. The molecule has 2 rings (SSSR count). The summed E-state index contributed by atoms with van der Waals surface area (Å²) < 4.78 is 51.2. The van der Waals surface area contributed by atoms with Gasteiger partial charge in [0.1, 0.15) is 5.82 Å². The molecule has 120 valence electrons.